The Morgan fingerprint density at radius 1 is 1.44 bits per heavy atom. The van der Waals surface area contributed by atoms with Crippen molar-refractivity contribution in [3.8, 4) is 0 Å². The molecule has 1 aliphatic rings. The van der Waals surface area contributed by atoms with Gasteiger partial charge in [-0.25, -0.2) is 4.79 Å². The third-order valence-electron chi connectivity index (χ3n) is 2.62. The molecular formula is C11H12N2O3. The fraction of sp³-hybridized carbons (Fsp3) is 0.273. The van der Waals surface area contributed by atoms with Gasteiger partial charge in [0.1, 0.15) is 6.04 Å². The molecule has 0 aromatic heterocycles. The van der Waals surface area contributed by atoms with E-state index < -0.39 is 12.1 Å². The van der Waals surface area contributed by atoms with E-state index in [1.165, 1.54) is 0 Å². The number of fused-ring (bicyclic) bond motifs is 1. The lowest BCUT2D eigenvalue weighted by Crippen LogP contribution is -2.43. The van der Waals surface area contributed by atoms with Crippen LogP contribution in [0.25, 0.3) is 0 Å². The Labute approximate surface area is 92.5 Å². The van der Waals surface area contributed by atoms with Crippen LogP contribution in [0.4, 0.5) is 10.5 Å². The number of hydrogen-bond donors (Lipinski definition) is 3. The Balaban J connectivity index is 2.41. The van der Waals surface area contributed by atoms with Crippen LogP contribution in [0, 0.1) is 0 Å². The third-order valence-corrected chi connectivity index (χ3v) is 2.62. The Kier molecular flexibility index (Phi) is 2.52. The predicted octanol–water partition coefficient (Wildman–Crippen LogP) is 1.38. The van der Waals surface area contributed by atoms with Crippen molar-refractivity contribution in [1.29, 1.82) is 0 Å². The summed E-state index contributed by atoms with van der Waals surface area (Å²) in [6.45, 7) is 1.72. The van der Waals surface area contributed by atoms with E-state index in [1.54, 1.807) is 19.1 Å². The number of nitrogens with one attached hydrogen (secondary N) is 2. The van der Waals surface area contributed by atoms with Crippen LogP contribution in [0.3, 0.4) is 0 Å². The summed E-state index contributed by atoms with van der Waals surface area (Å²) in [5, 5.41) is 14.0. The smallest absolute Gasteiger partial charge is 0.405 e. The van der Waals surface area contributed by atoms with Gasteiger partial charge in [0, 0.05) is 11.3 Å². The average molecular weight is 220 g/mol. The van der Waals surface area contributed by atoms with Crippen LogP contribution >= 0.6 is 0 Å². The molecule has 5 heteroatoms. The molecule has 0 saturated heterocycles. The molecule has 0 aliphatic carbocycles. The second kappa shape index (κ2) is 3.84. The quantitative estimate of drug-likeness (QED) is 0.668. The van der Waals surface area contributed by atoms with Gasteiger partial charge in [-0.2, -0.15) is 0 Å². The number of carbonyl (C=O) groups is 2. The van der Waals surface area contributed by atoms with E-state index in [-0.39, 0.29) is 11.8 Å². The summed E-state index contributed by atoms with van der Waals surface area (Å²) in [5.74, 6) is -0.166. The minimum absolute atomic E-state index is 0.166. The fourth-order valence-corrected chi connectivity index (χ4v) is 1.86. The lowest BCUT2D eigenvalue weighted by Gasteiger charge is -2.29. The van der Waals surface area contributed by atoms with Crippen LogP contribution in [0.5, 0.6) is 0 Å². The van der Waals surface area contributed by atoms with E-state index in [1.807, 2.05) is 12.1 Å². The van der Waals surface area contributed by atoms with Crippen molar-refractivity contribution in [2.24, 2.45) is 0 Å². The minimum Gasteiger partial charge on any atom is -0.465 e. The molecule has 84 valence electrons. The van der Waals surface area contributed by atoms with Gasteiger partial charge in [0.15, 0.2) is 5.78 Å². The molecule has 0 spiro atoms. The highest BCUT2D eigenvalue weighted by molar-refractivity contribution is 5.97. The number of Topliss-reactive ketones (excluding diaryl/α,β-unsaturated/α-hetero) is 1. The Bertz CT molecular complexity index is 445. The normalized spacial score (nSPS) is 23.2. The van der Waals surface area contributed by atoms with Gasteiger partial charge in [-0.3, -0.25) is 4.79 Å². The fourth-order valence-electron chi connectivity index (χ4n) is 1.86. The summed E-state index contributed by atoms with van der Waals surface area (Å²) >= 11 is 0. The van der Waals surface area contributed by atoms with Gasteiger partial charge in [0.25, 0.3) is 0 Å². The van der Waals surface area contributed by atoms with Crippen LogP contribution in [0.2, 0.25) is 0 Å². The standard InChI is InChI=1S/C11H12N2O3/c1-6-10(14)9(13-11(15)16)7-4-2-3-5-8(7)12-6/h2-6,9,12-13H,1H3,(H,15,16). The molecular weight excluding hydrogens is 208 g/mol. The topological polar surface area (TPSA) is 78.4 Å². The van der Waals surface area contributed by atoms with Crippen molar-refractivity contribution < 1.29 is 14.7 Å². The highest BCUT2D eigenvalue weighted by atomic mass is 16.4. The summed E-state index contributed by atoms with van der Waals surface area (Å²) in [4.78, 5) is 22.5. The average Bonchev–Trinajstić information content (AvgIpc) is 2.24. The van der Waals surface area contributed by atoms with Crippen molar-refractivity contribution in [2.75, 3.05) is 5.32 Å². The lowest BCUT2D eigenvalue weighted by atomic mass is 9.92. The molecule has 2 unspecified atom stereocenters. The van der Waals surface area contributed by atoms with Crippen LogP contribution in [-0.2, 0) is 4.79 Å². The molecule has 1 amide bonds. The van der Waals surface area contributed by atoms with E-state index in [4.69, 9.17) is 5.11 Å². The van der Waals surface area contributed by atoms with Gasteiger partial charge in [-0.15, -0.1) is 0 Å². The van der Waals surface area contributed by atoms with Gasteiger partial charge < -0.3 is 15.7 Å². The number of hydrogen-bond acceptors (Lipinski definition) is 3. The maximum absolute atomic E-state index is 11.8. The third kappa shape index (κ3) is 1.71. The second-order valence-corrected chi connectivity index (χ2v) is 3.74. The summed E-state index contributed by atoms with van der Waals surface area (Å²) in [6.07, 6.45) is -1.19. The van der Waals surface area contributed by atoms with Gasteiger partial charge >= 0.3 is 6.09 Å². The molecule has 1 aromatic rings. The van der Waals surface area contributed by atoms with Crippen LogP contribution in [-0.4, -0.2) is 23.0 Å². The van der Waals surface area contributed by atoms with Crippen molar-refractivity contribution in [3.05, 3.63) is 29.8 Å². The van der Waals surface area contributed by atoms with E-state index in [2.05, 4.69) is 10.6 Å². The van der Waals surface area contributed by atoms with Crippen molar-refractivity contribution in [2.45, 2.75) is 19.0 Å². The minimum atomic E-state index is -1.19. The van der Waals surface area contributed by atoms with Gasteiger partial charge in [0.05, 0.1) is 6.04 Å². The molecule has 0 fully saturated rings. The monoisotopic (exact) mass is 220 g/mol. The molecule has 16 heavy (non-hydrogen) atoms. The summed E-state index contributed by atoms with van der Waals surface area (Å²) in [7, 11) is 0. The van der Waals surface area contributed by atoms with Crippen LogP contribution in [0.1, 0.15) is 18.5 Å². The number of rotatable bonds is 1. The molecule has 2 rings (SSSR count). The van der Waals surface area contributed by atoms with E-state index >= 15 is 0 Å². The van der Waals surface area contributed by atoms with Crippen molar-refractivity contribution in [3.63, 3.8) is 0 Å². The zero-order valence-corrected chi connectivity index (χ0v) is 8.73. The molecule has 3 N–H and O–H groups in total. The number of ketones is 1. The molecule has 0 bridgehead atoms. The number of anilines is 1. The first-order valence-electron chi connectivity index (χ1n) is 4.98. The summed E-state index contributed by atoms with van der Waals surface area (Å²) in [6, 6.07) is 6.03. The molecule has 5 nitrogen and oxygen atoms in total. The van der Waals surface area contributed by atoms with E-state index in [0.717, 1.165) is 5.69 Å². The molecule has 1 heterocycles. The molecule has 0 saturated carbocycles. The maximum Gasteiger partial charge on any atom is 0.405 e. The van der Waals surface area contributed by atoms with Crippen molar-refractivity contribution >= 4 is 17.6 Å². The lowest BCUT2D eigenvalue weighted by molar-refractivity contribution is -0.121. The first kappa shape index (κ1) is 10.5. The van der Waals surface area contributed by atoms with Gasteiger partial charge in [0.2, 0.25) is 0 Å². The zero-order chi connectivity index (χ0) is 11.7. The Hall–Kier alpha value is -2.04. The number of amides is 1. The highest BCUT2D eigenvalue weighted by Crippen LogP contribution is 2.29. The SMILES string of the molecule is CC1Nc2ccccc2C(NC(=O)O)C1=O. The largest absolute Gasteiger partial charge is 0.465 e. The van der Waals surface area contributed by atoms with E-state index in [0.29, 0.717) is 5.56 Å². The molecule has 1 aromatic carbocycles. The molecule has 0 radical (unpaired) electrons. The van der Waals surface area contributed by atoms with Gasteiger partial charge in [-0.05, 0) is 13.0 Å². The highest BCUT2D eigenvalue weighted by Gasteiger charge is 2.33. The van der Waals surface area contributed by atoms with Crippen LogP contribution < -0.4 is 10.6 Å². The number of carboxylic acid groups (broad SMARTS) is 1. The number of benzene rings is 1. The zero-order valence-electron chi connectivity index (χ0n) is 8.73. The number of carbonyl (C=O) groups excluding carboxylic acids is 1. The first-order valence-corrected chi connectivity index (χ1v) is 4.98. The summed E-state index contributed by atoms with van der Waals surface area (Å²) < 4.78 is 0. The second-order valence-electron chi connectivity index (χ2n) is 3.74. The maximum atomic E-state index is 11.8. The predicted molar refractivity (Wildman–Crippen MR) is 58.4 cm³/mol. The van der Waals surface area contributed by atoms with Crippen molar-refractivity contribution in [1.82, 2.24) is 5.32 Å². The van der Waals surface area contributed by atoms with E-state index in [9.17, 15) is 9.59 Å². The Morgan fingerprint density at radius 2 is 2.12 bits per heavy atom. The first-order chi connectivity index (χ1) is 7.59. The van der Waals surface area contributed by atoms with Crippen LogP contribution in [0.15, 0.2) is 24.3 Å². The molecule has 2 atom stereocenters. The Morgan fingerprint density at radius 3 is 2.81 bits per heavy atom. The van der Waals surface area contributed by atoms with Gasteiger partial charge in [-0.1, -0.05) is 18.2 Å². The summed E-state index contributed by atoms with van der Waals surface area (Å²) in [5.41, 5.74) is 1.47. The molecule has 1 aliphatic heterocycles. The number of para-hydroxylation sites is 1.